The molecule has 104 valence electrons. The van der Waals surface area contributed by atoms with Crippen molar-refractivity contribution < 1.29 is 14.6 Å². The van der Waals surface area contributed by atoms with Crippen LogP contribution < -0.4 is 4.74 Å². The van der Waals surface area contributed by atoms with Gasteiger partial charge in [0.05, 0.1) is 0 Å². The molecule has 1 unspecified atom stereocenters. The molecule has 0 radical (unpaired) electrons. The number of carboxylic acid groups (broad SMARTS) is 1. The van der Waals surface area contributed by atoms with Crippen molar-refractivity contribution in [2.75, 3.05) is 6.61 Å². The molecule has 1 atom stereocenters. The standard InChI is InChI=1S/C16H15ClO3/c1-11-3-2-4-14(9-11)20-10-15(16(18)19)12-5-7-13(17)8-6-12/h2-9,15H,10H2,1H3,(H,18,19). The van der Waals surface area contributed by atoms with Crippen LogP contribution >= 0.6 is 11.6 Å². The van der Waals surface area contributed by atoms with Crippen LogP contribution in [0.4, 0.5) is 0 Å². The van der Waals surface area contributed by atoms with E-state index in [0.717, 1.165) is 5.56 Å². The molecular weight excluding hydrogens is 276 g/mol. The lowest BCUT2D eigenvalue weighted by Gasteiger charge is -2.14. The summed E-state index contributed by atoms with van der Waals surface area (Å²) in [4.78, 5) is 11.4. The number of benzene rings is 2. The second-order valence-electron chi connectivity index (χ2n) is 4.57. The van der Waals surface area contributed by atoms with E-state index in [-0.39, 0.29) is 6.61 Å². The van der Waals surface area contributed by atoms with Crippen LogP contribution in [0.1, 0.15) is 17.0 Å². The monoisotopic (exact) mass is 290 g/mol. The molecule has 0 fully saturated rings. The average molecular weight is 291 g/mol. The molecule has 20 heavy (non-hydrogen) atoms. The fraction of sp³-hybridized carbons (Fsp3) is 0.188. The molecule has 0 heterocycles. The zero-order valence-corrected chi connectivity index (χ0v) is 11.8. The van der Waals surface area contributed by atoms with Crippen LogP contribution in [-0.4, -0.2) is 17.7 Å². The third-order valence-corrected chi connectivity index (χ3v) is 3.23. The number of aliphatic carboxylic acids is 1. The summed E-state index contributed by atoms with van der Waals surface area (Å²) >= 11 is 5.81. The molecule has 0 saturated heterocycles. The van der Waals surface area contributed by atoms with E-state index in [4.69, 9.17) is 16.3 Å². The Hall–Kier alpha value is -2.00. The van der Waals surface area contributed by atoms with Crippen LogP contribution in [0.2, 0.25) is 5.02 Å². The van der Waals surface area contributed by atoms with Crippen LogP contribution in [0.3, 0.4) is 0 Å². The number of halogens is 1. The third-order valence-electron chi connectivity index (χ3n) is 2.98. The van der Waals surface area contributed by atoms with Gasteiger partial charge in [0.1, 0.15) is 18.3 Å². The topological polar surface area (TPSA) is 46.5 Å². The highest BCUT2D eigenvalue weighted by atomic mass is 35.5. The number of aryl methyl sites for hydroxylation is 1. The number of hydrogen-bond acceptors (Lipinski definition) is 2. The minimum atomic E-state index is -0.917. The van der Waals surface area contributed by atoms with Gasteiger partial charge in [-0.2, -0.15) is 0 Å². The smallest absolute Gasteiger partial charge is 0.314 e. The zero-order valence-electron chi connectivity index (χ0n) is 11.0. The van der Waals surface area contributed by atoms with E-state index < -0.39 is 11.9 Å². The Morgan fingerprint density at radius 2 is 1.95 bits per heavy atom. The minimum absolute atomic E-state index is 0.0837. The molecule has 2 rings (SSSR count). The number of ether oxygens (including phenoxy) is 1. The van der Waals surface area contributed by atoms with E-state index in [1.807, 2.05) is 31.2 Å². The molecule has 2 aromatic rings. The van der Waals surface area contributed by atoms with E-state index in [0.29, 0.717) is 16.3 Å². The first-order chi connectivity index (χ1) is 9.56. The summed E-state index contributed by atoms with van der Waals surface area (Å²) in [7, 11) is 0. The van der Waals surface area contributed by atoms with Crippen LogP contribution in [0, 0.1) is 6.92 Å². The van der Waals surface area contributed by atoms with Crippen molar-refractivity contribution in [3.05, 3.63) is 64.7 Å². The number of carboxylic acids is 1. The van der Waals surface area contributed by atoms with E-state index in [9.17, 15) is 9.90 Å². The van der Waals surface area contributed by atoms with Gasteiger partial charge in [-0.25, -0.2) is 0 Å². The lowest BCUT2D eigenvalue weighted by molar-refractivity contribution is -0.139. The lowest BCUT2D eigenvalue weighted by atomic mass is 10.0. The van der Waals surface area contributed by atoms with Crippen molar-refractivity contribution in [1.82, 2.24) is 0 Å². The first kappa shape index (κ1) is 14.4. The third kappa shape index (κ3) is 3.75. The van der Waals surface area contributed by atoms with E-state index in [1.54, 1.807) is 24.3 Å². The van der Waals surface area contributed by atoms with Crippen LogP contribution in [0.15, 0.2) is 48.5 Å². The maximum absolute atomic E-state index is 11.4. The summed E-state index contributed by atoms with van der Waals surface area (Å²) in [6, 6.07) is 14.3. The largest absolute Gasteiger partial charge is 0.492 e. The van der Waals surface area contributed by atoms with Crippen molar-refractivity contribution >= 4 is 17.6 Å². The molecule has 0 saturated carbocycles. The zero-order chi connectivity index (χ0) is 14.5. The van der Waals surface area contributed by atoms with E-state index >= 15 is 0 Å². The lowest BCUT2D eigenvalue weighted by Crippen LogP contribution is -2.19. The quantitative estimate of drug-likeness (QED) is 0.908. The van der Waals surface area contributed by atoms with Crippen molar-refractivity contribution in [2.45, 2.75) is 12.8 Å². The molecule has 0 amide bonds. The van der Waals surface area contributed by atoms with Crippen molar-refractivity contribution in [2.24, 2.45) is 0 Å². The highest BCUT2D eigenvalue weighted by molar-refractivity contribution is 6.30. The summed E-state index contributed by atoms with van der Waals surface area (Å²) in [6.07, 6.45) is 0. The molecule has 0 aliphatic heterocycles. The van der Waals surface area contributed by atoms with Crippen LogP contribution in [-0.2, 0) is 4.79 Å². The second-order valence-corrected chi connectivity index (χ2v) is 5.01. The Labute approximate surface area is 122 Å². The molecule has 0 aromatic heterocycles. The van der Waals surface area contributed by atoms with Crippen molar-refractivity contribution in [3.63, 3.8) is 0 Å². The normalized spacial score (nSPS) is 11.9. The minimum Gasteiger partial charge on any atom is -0.492 e. The molecule has 2 aromatic carbocycles. The highest BCUT2D eigenvalue weighted by Gasteiger charge is 2.20. The molecule has 0 aliphatic rings. The van der Waals surface area contributed by atoms with Gasteiger partial charge in [-0.3, -0.25) is 4.79 Å². The average Bonchev–Trinajstić information content (AvgIpc) is 2.41. The number of carbonyl (C=O) groups is 1. The van der Waals surface area contributed by atoms with Crippen molar-refractivity contribution in [3.8, 4) is 5.75 Å². The molecule has 1 N–H and O–H groups in total. The summed E-state index contributed by atoms with van der Waals surface area (Å²) in [5.74, 6) is -0.960. The fourth-order valence-corrected chi connectivity index (χ4v) is 2.02. The Morgan fingerprint density at radius 3 is 2.55 bits per heavy atom. The van der Waals surface area contributed by atoms with E-state index in [1.165, 1.54) is 0 Å². The van der Waals surface area contributed by atoms with Crippen LogP contribution in [0.25, 0.3) is 0 Å². The first-order valence-electron chi connectivity index (χ1n) is 6.24. The van der Waals surface area contributed by atoms with Gasteiger partial charge in [0, 0.05) is 5.02 Å². The molecule has 4 heteroatoms. The van der Waals surface area contributed by atoms with Gasteiger partial charge < -0.3 is 9.84 Å². The summed E-state index contributed by atoms with van der Waals surface area (Å²) < 4.78 is 5.58. The van der Waals surface area contributed by atoms with Gasteiger partial charge in [-0.15, -0.1) is 0 Å². The van der Waals surface area contributed by atoms with E-state index in [2.05, 4.69) is 0 Å². The molecule has 0 aliphatic carbocycles. The second kappa shape index (κ2) is 6.44. The number of rotatable bonds is 5. The molecular formula is C16H15ClO3. The van der Waals surface area contributed by atoms with Crippen LogP contribution in [0.5, 0.6) is 5.75 Å². The molecule has 0 spiro atoms. The Bertz CT molecular complexity index is 593. The predicted molar refractivity (Wildman–Crippen MR) is 78.5 cm³/mol. The molecule has 0 bridgehead atoms. The van der Waals surface area contributed by atoms with Gasteiger partial charge in [-0.1, -0.05) is 35.9 Å². The Morgan fingerprint density at radius 1 is 1.25 bits per heavy atom. The van der Waals surface area contributed by atoms with Crippen molar-refractivity contribution in [1.29, 1.82) is 0 Å². The van der Waals surface area contributed by atoms with Gasteiger partial charge in [0.25, 0.3) is 0 Å². The first-order valence-corrected chi connectivity index (χ1v) is 6.62. The SMILES string of the molecule is Cc1cccc(OCC(C(=O)O)c2ccc(Cl)cc2)c1. The van der Waals surface area contributed by atoms with Gasteiger partial charge in [0.2, 0.25) is 0 Å². The maximum Gasteiger partial charge on any atom is 0.314 e. The summed E-state index contributed by atoms with van der Waals surface area (Å²) in [6.45, 7) is 2.04. The Balaban J connectivity index is 2.10. The maximum atomic E-state index is 11.4. The predicted octanol–water partition coefficient (Wildman–Crippen LogP) is 3.90. The number of hydrogen-bond donors (Lipinski definition) is 1. The highest BCUT2D eigenvalue weighted by Crippen LogP contribution is 2.21. The van der Waals surface area contributed by atoms with Gasteiger partial charge >= 0.3 is 5.97 Å². The summed E-state index contributed by atoms with van der Waals surface area (Å²) in [5, 5.41) is 9.90. The van der Waals surface area contributed by atoms with Gasteiger partial charge in [-0.05, 0) is 42.3 Å². The fourth-order valence-electron chi connectivity index (χ4n) is 1.89. The summed E-state index contributed by atoms with van der Waals surface area (Å²) in [5.41, 5.74) is 1.75. The Kier molecular flexibility index (Phi) is 4.64. The van der Waals surface area contributed by atoms with Gasteiger partial charge in [0.15, 0.2) is 0 Å². The molecule has 3 nitrogen and oxygen atoms in total.